The lowest BCUT2D eigenvalue weighted by Gasteiger charge is -2.39. The van der Waals surface area contributed by atoms with Gasteiger partial charge in [-0.2, -0.15) is 0 Å². The van der Waals surface area contributed by atoms with Gasteiger partial charge in [0.15, 0.2) is 0 Å². The molecule has 0 unspecified atom stereocenters. The predicted molar refractivity (Wildman–Crippen MR) is 85.4 cm³/mol. The fourth-order valence-corrected chi connectivity index (χ4v) is 2.08. The fourth-order valence-electron chi connectivity index (χ4n) is 2.08. The Bertz CT molecular complexity index is 630. The van der Waals surface area contributed by atoms with Gasteiger partial charge in [0.2, 0.25) is 0 Å². The molecule has 1 amide bonds. The number of ether oxygens (including phenoxy) is 2. The van der Waals surface area contributed by atoms with E-state index in [0.29, 0.717) is 24.4 Å². The number of amides is 1. The van der Waals surface area contributed by atoms with Crippen LogP contribution in [0.3, 0.4) is 0 Å². The Morgan fingerprint density at radius 1 is 1.39 bits per heavy atom. The summed E-state index contributed by atoms with van der Waals surface area (Å²) < 4.78 is 10.9. The summed E-state index contributed by atoms with van der Waals surface area (Å²) in [7, 11) is 0. The van der Waals surface area contributed by atoms with Crippen LogP contribution in [0.25, 0.3) is 6.08 Å². The molecule has 1 aromatic rings. The average molecular weight is 320 g/mol. The first kappa shape index (κ1) is 16.8. The summed E-state index contributed by atoms with van der Waals surface area (Å²) in [6.07, 6.45) is 0.929. The van der Waals surface area contributed by atoms with E-state index in [1.54, 1.807) is 26.8 Å². The van der Waals surface area contributed by atoms with Crippen molar-refractivity contribution in [2.45, 2.75) is 32.5 Å². The van der Waals surface area contributed by atoms with Gasteiger partial charge in [0.05, 0.1) is 24.1 Å². The smallest absolute Gasteiger partial charge is 0.410 e. The van der Waals surface area contributed by atoms with Crippen LogP contribution in [0.1, 0.15) is 26.3 Å². The van der Waals surface area contributed by atoms with Crippen LogP contribution >= 0.6 is 0 Å². The van der Waals surface area contributed by atoms with E-state index in [4.69, 9.17) is 9.47 Å². The molecular formula is C16H20N2O5. The van der Waals surface area contributed by atoms with E-state index in [0.717, 1.165) is 0 Å². The Hall–Kier alpha value is -2.57. The minimum absolute atomic E-state index is 0.0549. The zero-order valence-electron chi connectivity index (χ0n) is 13.4. The van der Waals surface area contributed by atoms with Crippen molar-refractivity contribution in [1.29, 1.82) is 0 Å². The number of nitrogens with zero attached hydrogens (tertiary/aromatic N) is 2. The number of nitro groups is 1. The standard InChI is InChI=1S/C16H20N2O5/c1-5-11-6-12(18(20)21)8-13(7-11)22-14-9-17(10-14)15(19)23-16(2,3)4/h5-8,14H,1,9-10H2,2-4H3. The summed E-state index contributed by atoms with van der Waals surface area (Å²) >= 11 is 0. The minimum atomic E-state index is -0.540. The number of benzene rings is 1. The van der Waals surface area contributed by atoms with Crippen molar-refractivity contribution in [3.05, 3.63) is 40.5 Å². The third-order valence-corrected chi connectivity index (χ3v) is 3.16. The molecule has 1 aliphatic heterocycles. The van der Waals surface area contributed by atoms with E-state index < -0.39 is 10.5 Å². The molecule has 1 fully saturated rings. The molecule has 2 rings (SSSR count). The van der Waals surface area contributed by atoms with Crippen molar-refractivity contribution < 1.29 is 19.2 Å². The second kappa shape index (κ2) is 6.28. The topological polar surface area (TPSA) is 81.9 Å². The van der Waals surface area contributed by atoms with Crippen molar-refractivity contribution in [1.82, 2.24) is 4.90 Å². The van der Waals surface area contributed by atoms with E-state index >= 15 is 0 Å². The van der Waals surface area contributed by atoms with Gasteiger partial charge in [-0.1, -0.05) is 12.7 Å². The van der Waals surface area contributed by atoms with E-state index in [2.05, 4.69) is 6.58 Å². The normalized spacial score (nSPS) is 14.8. The zero-order valence-corrected chi connectivity index (χ0v) is 13.4. The van der Waals surface area contributed by atoms with Crippen LogP contribution in [-0.2, 0) is 4.74 Å². The molecule has 0 spiro atoms. The minimum Gasteiger partial charge on any atom is -0.486 e. The summed E-state index contributed by atoms with van der Waals surface area (Å²) in [6.45, 7) is 9.80. The first-order valence-electron chi connectivity index (χ1n) is 7.24. The molecule has 1 saturated heterocycles. The molecule has 0 bridgehead atoms. The summed E-state index contributed by atoms with van der Waals surface area (Å²) in [4.78, 5) is 23.8. The fraction of sp³-hybridized carbons (Fsp3) is 0.438. The van der Waals surface area contributed by atoms with E-state index in [-0.39, 0.29) is 17.9 Å². The predicted octanol–water partition coefficient (Wildman–Crippen LogP) is 3.24. The van der Waals surface area contributed by atoms with E-state index in [1.807, 2.05) is 0 Å². The van der Waals surface area contributed by atoms with Crippen molar-refractivity contribution in [2.24, 2.45) is 0 Å². The zero-order chi connectivity index (χ0) is 17.2. The van der Waals surface area contributed by atoms with Gasteiger partial charge in [-0.25, -0.2) is 4.79 Å². The van der Waals surface area contributed by atoms with Crippen LogP contribution in [0.15, 0.2) is 24.8 Å². The van der Waals surface area contributed by atoms with Crippen LogP contribution in [-0.4, -0.2) is 40.7 Å². The Morgan fingerprint density at radius 2 is 2.04 bits per heavy atom. The molecule has 23 heavy (non-hydrogen) atoms. The van der Waals surface area contributed by atoms with Crippen LogP contribution in [0.2, 0.25) is 0 Å². The lowest BCUT2D eigenvalue weighted by molar-refractivity contribution is -0.385. The highest BCUT2D eigenvalue weighted by atomic mass is 16.6. The van der Waals surface area contributed by atoms with Crippen molar-refractivity contribution in [3.63, 3.8) is 0 Å². The SMILES string of the molecule is C=Cc1cc(OC2CN(C(=O)OC(C)(C)C)C2)cc([N+](=O)[O-])c1. The number of hydrogen-bond donors (Lipinski definition) is 0. The number of carbonyl (C=O) groups is 1. The molecule has 1 aromatic carbocycles. The molecule has 7 nitrogen and oxygen atoms in total. The summed E-state index contributed by atoms with van der Waals surface area (Å²) in [6, 6.07) is 4.47. The molecule has 7 heteroatoms. The highest BCUT2D eigenvalue weighted by Crippen LogP contribution is 2.26. The van der Waals surface area contributed by atoms with Crippen LogP contribution in [0.4, 0.5) is 10.5 Å². The van der Waals surface area contributed by atoms with Gasteiger partial charge in [0.25, 0.3) is 5.69 Å². The Balaban J connectivity index is 1.95. The third kappa shape index (κ3) is 4.45. The van der Waals surface area contributed by atoms with E-state index in [1.165, 1.54) is 23.1 Å². The number of carbonyl (C=O) groups excluding carboxylic acids is 1. The highest BCUT2D eigenvalue weighted by Gasteiger charge is 2.35. The molecule has 124 valence electrons. The Kier molecular flexibility index (Phi) is 4.58. The second-order valence-corrected chi connectivity index (χ2v) is 6.35. The number of rotatable bonds is 4. The molecular weight excluding hydrogens is 300 g/mol. The molecule has 0 N–H and O–H groups in total. The largest absolute Gasteiger partial charge is 0.486 e. The number of hydrogen-bond acceptors (Lipinski definition) is 5. The number of likely N-dealkylation sites (tertiary alicyclic amines) is 1. The molecule has 0 radical (unpaired) electrons. The molecule has 1 heterocycles. The Morgan fingerprint density at radius 3 is 2.57 bits per heavy atom. The van der Waals surface area contributed by atoms with Gasteiger partial charge in [-0.15, -0.1) is 0 Å². The first-order valence-corrected chi connectivity index (χ1v) is 7.24. The van der Waals surface area contributed by atoms with Crippen LogP contribution < -0.4 is 4.74 Å². The second-order valence-electron chi connectivity index (χ2n) is 6.35. The quantitative estimate of drug-likeness (QED) is 0.628. The van der Waals surface area contributed by atoms with Gasteiger partial charge in [0.1, 0.15) is 17.5 Å². The summed E-state index contributed by atoms with van der Waals surface area (Å²) in [5.41, 5.74) is 0.0142. The van der Waals surface area contributed by atoms with Crippen LogP contribution in [0, 0.1) is 10.1 Å². The summed E-state index contributed by atoms with van der Waals surface area (Å²) in [5, 5.41) is 10.9. The van der Waals surface area contributed by atoms with Crippen molar-refractivity contribution >= 4 is 17.9 Å². The first-order chi connectivity index (χ1) is 10.7. The monoisotopic (exact) mass is 320 g/mol. The van der Waals surface area contributed by atoms with Gasteiger partial charge < -0.3 is 14.4 Å². The lowest BCUT2D eigenvalue weighted by Crippen LogP contribution is -2.57. The maximum Gasteiger partial charge on any atom is 0.410 e. The maximum atomic E-state index is 11.8. The van der Waals surface area contributed by atoms with E-state index in [9.17, 15) is 14.9 Å². The maximum absolute atomic E-state index is 11.8. The van der Waals surface area contributed by atoms with Crippen molar-refractivity contribution in [3.8, 4) is 5.75 Å². The summed E-state index contributed by atoms with van der Waals surface area (Å²) in [5.74, 6) is 0.392. The lowest BCUT2D eigenvalue weighted by atomic mass is 10.1. The molecule has 0 aromatic heterocycles. The third-order valence-electron chi connectivity index (χ3n) is 3.16. The van der Waals surface area contributed by atoms with Gasteiger partial charge >= 0.3 is 6.09 Å². The average Bonchev–Trinajstić information content (AvgIpc) is 2.39. The molecule has 0 saturated carbocycles. The van der Waals surface area contributed by atoms with Crippen molar-refractivity contribution in [2.75, 3.05) is 13.1 Å². The molecule has 0 aliphatic carbocycles. The molecule has 0 atom stereocenters. The van der Waals surface area contributed by atoms with Crippen LogP contribution in [0.5, 0.6) is 5.75 Å². The highest BCUT2D eigenvalue weighted by molar-refractivity contribution is 5.69. The number of non-ortho nitro benzene ring substituents is 1. The molecule has 1 aliphatic rings. The van der Waals surface area contributed by atoms with Gasteiger partial charge in [-0.3, -0.25) is 10.1 Å². The van der Waals surface area contributed by atoms with Gasteiger partial charge in [-0.05, 0) is 32.4 Å². The number of nitro benzene ring substituents is 1. The Labute approximate surface area is 134 Å². The van der Waals surface area contributed by atoms with Gasteiger partial charge in [0, 0.05) is 6.07 Å².